The number of hydrogen-bond acceptors (Lipinski definition) is 4. The smallest absolute Gasteiger partial charge is 0.264 e. The molecule has 0 N–H and O–H groups in total. The van der Waals surface area contributed by atoms with Gasteiger partial charge in [0.2, 0.25) is 0 Å². The summed E-state index contributed by atoms with van der Waals surface area (Å²) >= 11 is 7.27. The number of carbonyl (C=O) groups is 1. The Morgan fingerprint density at radius 1 is 1.24 bits per heavy atom. The number of rotatable bonds is 3. The van der Waals surface area contributed by atoms with Crippen molar-refractivity contribution in [3.05, 3.63) is 68.9 Å². The van der Waals surface area contributed by atoms with Gasteiger partial charge in [0.15, 0.2) is 5.82 Å². The quantitative estimate of drug-likeness (QED) is 0.702. The second-order valence-electron chi connectivity index (χ2n) is 6.20. The van der Waals surface area contributed by atoms with Crippen LogP contribution in [0.4, 0.5) is 0 Å². The first-order valence-corrected chi connectivity index (χ1v) is 9.32. The van der Waals surface area contributed by atoms with Gasteiger partial charge in [-0.2, -0.15) is 0 Å². The Morgan fingerprint density at radius 2 is 2.04 bits per heavy atom. The number of fused-ring (bicyclic) bond motifs is 1. The van der Waals surface area contributed by atoms with Crippen molar-refractivity contribution in [3.8, 4) is 0 Å². The molecule has 0 spiro atoms. The number of nitrogens with zero attached hydrogens (tertiary/aromatic N) is 4. The molecule has 0 saturated heterocycles. The molecule has 1 aliphatic heterocycles. The molecule has 128 valence electrons. The van der Waals surface area contributed by atoms with Gasteiger partial charge in [-0.25, -0.2) is 0 Å². The molecule has 25 heavy (non-hydrogen) atoms. The monoisotopic (exact) mass is 372 g/mol. The van der Waals surface area contributed by atoms with Crippen molar-refractivity contribution in [2.45, 2.75) is 25.9 Å². The van der Waals surface area contributed by atoms with Crippen LogP contribution in [0.3, 0.4) is 0 Å². The molecule has 1 atom stereocenters. The fourth-order valence-corrected chi connectivity index (χ4v) is 4.26. The molecule has 1 amide bonds. The van der Waals surface area contributed by atoms with Crippen molar-refractivity contribution in [1.29, 1.82) is 0 Å². The van der Waals surface area contributed by atoms with Crippen LogP contribution in [0, 0.1) is 0 Å². The third kappa shape index (κ3) is 3.19. The molecule has 0 aliphatic carbocycles. The summed E-state index contributed by atoms with van der Waals surface area (Å²) in [7, 11) is 0. The zero-order chi connectivity index (χ0) is 17.4. The van der Waals surface area contributed by atoms with Gasteiger partial charge in [-0.1, -0.05) is 41.9 Å². The van der Waals surface area contributed by atoms with E-state index in [-0.39, 0.29) is 11.9 Å². The Labute approximate surface area is 154 Å². The third-order valence-electron chi connectivity index (χ3n) is 4.37. The van der Waals surface area contributed by atoms with Crippen LogP contribution in [0.15, 0.2) is 42.5 Å². The topological polar surface area (TPSA) is 51.0 Å². The van der Waals surface area contributed by atoms with E-state index in [1.165, 1.54) is 16.9 Å². The molecule has 3 heterocycles. The van der Waals surface area contributed by atoms with E-state index in [9.17, 15) is 4.79 Å². The van der Waals surface area contributed by atoms with E-state index in [4.69, 9.17) is 11.6 Å². The number of carbonyl (C=O) groups excluding carboxylic acids is 1. The minimum Gasteiger partial charge on any atom is -0.328 e. The highest BCUT2D eigenvalue weighted by molar-refractivity contribution is 7.17. The highest BCUT2D eigenvalue weighted by Gasteiger charge is 2.30. The Kier molecular flexibility index (Phi) is 4.31. The van der Waals surface area contributed by atoms with Gasteiger partial charge in [0, 0.05) is 13.0 Å². The van der Waals surface area contributed by atoms with Crippen molar-refractivity contribution in [2.24, 2.45) is 0 Å². The molecule has 7 heteroatoms. The molecule has 0 fully saturated rings. The normalized spacial score (nSPS) is 16.7. The first kappa shape index (κ1) is 16.3. The zero-order valence-electron chi connectivity index (χ0n) is 13.7. The maximum Gasteiger partial charge on any atom is 0.264 e. The van der Waals surface area contributed by atoms with Crippen LogP contribution < -0.4 is 0 Å². The Hall–Kier alpha value is -2.18. The standard InChI is InChI=1S/C18H17ClN4OS/c1-12-10-22(18(24)14-7-8-15(19)25-14)11-17-21-20-16(23(12)17)9-13-5-3-2-4-6-13/h2-8,12H,9-11H2,1H3/t12-/m0/s1. The maximum atomic E-state index is 12.7. The first-order chi connectivity index (χ1) is 12.1. The minimum absolute atomic E-state index is 0.00242. The highest BCUT2D eigenvalue weighted by atomic mass is 35.5. The molecule has 0 unspecified atom stereocenters. The van der Waals surface area contributed by atoms with Crippen molar-refractivity contribution < 1.29 is 4.79 Å². The van der Waals surface area contributed by atoms with Gasteiger partial charge in [-0.05, 0) is 24.6 Å². The van der Waals surface area contributed by atoms with E-state index in [0.717, 1.165) is 18.1 Å². The Bertz CT molecular complexity index is 905. The maximum absolute atomic E-state index is 12.7. The summed E-state index contributed by atoms with van der Waals surface area (Å²) in [6.07, 6.45) is 0.743. The van der Waals surface area contributed by atoms with Crippen LogP contribution >= 0.6 is 22.9 Å². The minimum atomic E-state index is 0.00242. The number of hydrogen-bond donors (Lipinski definition) is 0. The van der Waals surface area contributed by atoms with Gasteiger partial charge >= 0.3 is 0 Å². The van der Waals surface area contributed by atoms with Gasteiger partial charge in [0.05, 0.1) is 21.8 Å². The van der Waals surface area contributed by atoms with Crippen molar-refractivity contribution in [2.75, 3.05) is 6.54 Å². The number of halogens is 1. The van der Waals surface area contributed by atoms with E-state index in [0.29, 0.717) is 22.3 Å². The predicted octanol–water partition coefficient (Wildman–Crippen LogP) is 3.80. The summed E-state index contributed by atoms with van der Waals surface area (Å²) < 4.78 is 2.79. The SMILES string of the molecule is C[C@H]1CN(C(=O)c2ccc(Cl)s2)Cc2nnc(Cc3ccccc3)n21. The Morgan fingerprint density at radius 3 is 2.76 bits per heavy atom. The fraction of sp³-hybridized carbons (Fsp3) is 0.278. The summed E-state index contributed by atoms with van der Waals surface area (Å²) in [4.78, 5) is 15.2. The van der Waals surface area contributed by atoms with Gasteiger partial charge in [-0.3, -0.25) is 4.79 Å². The molecule has 0 saturated carbocycles. The zero-order valence-corrected chi connectivity index (χ0v) is 15.3. The average Bonchev–Trinajstić information content (AvgIpc) is 3.22. The second kappa shape index (κ2) is 6.61. The molecule has 3 aromatic rings. The predicted molar refractivity (Wildman–Crippen MR) is 98.1 cm³/mol. The lowest BCUT2D eigenvalue weighted by molar-refractivity contribution is 0.0685. The molecular weight excluding hydrogens is 356 g/mol. The molecule has 0 radical (unpaired) electrons. The van der Waals surface area contributed by atoms with Crippen molar-refractivity contribution >= 4 is 28.8 Å². The van der Waals surface area contributed by atoms with Crippen LogP contribution in [-0.4, -0.2) is 32.1 Å². The van der Waals surface area contributed by atoms with Crippen LogP contribution in [0.1, 0.15) is 39.8 Å². The molecule has 1 aromatic carbocycles. The van der Waals surface area contributed by atoms with Gasteiger partial charge in [0.25, 0.3) is 5.91 Å². The van der Waals surface area contributed by atoms with E-state index in [1.807, 2.05) is 23.1 Å². The summed E-state index contributed by atoms with van der Waals surface area (Å²) in [5.74, 6) is 1.78. The summed E-state index contributed by atoms with van der Waals surface area (Å²) in [6.45, 7) is 3.21. The number of aromatic nitrogens is 3. The average molecular weight is 373 g/mol. The van der Waals surface area contributed by atoms with Crippen LogP contribution in [-0.2, 0) is 13.0 Å². The third-order valence-corrected chi connectivity index (χ3v) is 5.59. The van der Waals surface area contributed by atoms with Crippen molar-refractivity contribution in [1.82, 2.24) is 19.7 Å². The van der Waals surface area contributed by atoms with Gasteiger partial charge < -0.3 is 9.47 Å². The van der Waals surface area contributed by atoms with Crippen LogP contribution in [0.2, 0.25) is 4.34 Å². The lowest BCUT2D eigenvalue weighted by Gasteiger charge is -2.32. The summed E-state index contributed by atoms with van der Waals surface area (Å²) in [5.41, 5.74) is 1.21. The van der Waals surface area contributed by atoms with E-state index < -0.39 is 0 Å². The molecule has 0 bridgehead atoms. The van der Waals surface area contributed by atoms with Crippen LogP contribution in [0.25, 0.3) is 0 Å². The lowest BCUT2D eigenvalue weighted by Crippen LogP contribution is -2.40. The largest absolute Gasteiger partial charge is 0.328 e. The summed E-state index contributed by atoms with van der Waals surface area (Å²) in [6, 6.07) is 13.9. The molecule has 4 rings (SSSR count). The van der Waals surface area contributed by atoms with Crippen LogP contribution in [0.5, 0.6) is 0 Å². The Balaban J connectivity index is 1.57. The second-order valence-corrected chi connectivity index (χ2v) is 7.92. The lowest BCUT2D eigenvalue weighted by atomic mass is 10.1. The van der Waals surface area contributed by atoms with Crippen molar-refractivity contribution in [3.63, 3.8) is 0 Å². The number of benzene rings is 1. The molecule has 1 aliphatic rings. The first-order valence-electron chi connectivity index (χ1n) is 8.13. The molecule has 2 aromatic heterocycles. The number of amides is 1. The molecular formula is C18H17ClN4OS. The number of thiophene rings is 1. The van der Waals surface area contributed by atoms with Gasteiger partial charge in [-0.15, -0.1) is 21.5 Å². The summed E-state index contributed by atoms with van der Waals surface area (Å²) in [5, 5.41) is 8.70. The van der Waals surface area contributed by atoms with E-state index >= 15 is 0 Å². The van der Waals surface area contributed by atoms with Gasteiger partial charge in [0.1, 0.15) is 5.82 Å². The van der Waals surface area contributed by atoms with E-state index in [2.05, 4.69) is 33.8 Å². The molecule has 5 nitrogen and oxygen atoms in total. The fourth-order valence-electron chi connectivity index (χ4n) is 3.25. The van der Waals surface area contributed by atoms with E-state index in [1.54, 1.807) is 12.1 Å². The highest BCUT2D eigenvalue weighted by Crippen LogP contribution is 2.27.